The second-order valence-electron chi connectivity index (χ2n) is 4.99. The van der Waals surface area contributed by atoms with Crippen molar-refractivity contribution in [3.8, 4) is 10.7 Å². The molecule has 7 heteroatoms. The minimum Gasteiger partial charge on any atom is -0.371 e. The zero-order valence-corrected chi connectivity index (χ0v) is 13.3. The summed E-state index contributed by atoms with van der Waals surface area (Å²) < 4.78 is 8.29. The smallest absolute Gasteiger partial charge is 0.195 e. The van der Waals surface area contributed by atoms with Crippen molar-refractivity contribution >= 4 is 23.6 Å². The molecule has 0 radical (unpaired) electrons. The summed E-state index contributed by atoms with van der Waals surface area (Å²) in [4.78, 5) is 5.92. The van der Waals surface area contributed by atoms with Crippen LogP contribution in [0, 0.1) is 4.77 Å². The first-order valence-electron chi connectivity index (χ1n) is 6.93. The fraction of sp³-hybridized carbons (Fsp3) is 0.615. The number of nitrogens with zero attached hydrogens (tertiary/aromatic N) is 3. The molecule has 0 saturated carbocycles. The highest BCUT2D eigenvalue weighted by molar-refractivity contribution is 7.71. The lowest BCUT2D eigenvalue weighted by molar-refractivity contribution is 0.111. The number of hydrogen-bond donors (Lipinski definition) is 1. The number of rotatable bonds is 4. The minimum absolute atomic E-state index is 0.163. The quantitative estimate of drug-likeness (QED) is 0.879. The maximum absolute atomic E-state index is 5.75. The Balaban J connectivity index is 2.03. The van der Waals surface area contributed by atoms with Crippen LogP contribution in [-0.2, 0) is 18.2 Å². The molecule has 1 atom stereocenters. The Kier molecular flexibility index (Phi) is 4.00. The van der Waals surface area contributed by atoms with Gasteiger partial charge in [-0.25, -0.2) is 4.98 Å². The van der Waals surface area contributed by atoms with Crippen molar-refractivity contribution in [1.29, 1.82) is 0 Å². The van der Waals surface area contributed by atoms with Gasteiger partial charge in [0.25, 0.3) is 0 Å². The van der Waals surface area contributed by atoms with Crippen LogP contribution in [0.15, 0.2) is 0 Å². The average Bonchev–Trinajstić information content (AvgIpc) is 3.13. The molecule has 0 spiro atoms. The van der Waals surface area contributed by atoms with E-state index < -0.39 is 0 Å². The maximum atomic E-state index is 5.75. The second-order valence-corrected chi connectivity index (χ2v) is 6.41. The Morgan fingerprint density at radius 1 is 1.55 bits per heavy atom. The van der Waals surface area contributed by atoms with E-state index in [9.17, 15) is 0 Å². The van der Waals surface area contributed by atoms with Gasteiger partial charge in [-0.3, -0.25) is 5.10 Å². The number of nitrogens with one attached hydrogen (secondary N) is 1. The molecular formula is C13H18N4OS2. The number of aromatic amines is 1. The molecule has 5 nitrogen and oxygen atoms in total. The first-order chi connectivity index (χ1) is 9.70. The van der Waals surface area contributed by atoms with Crippen LogP contribution in [0.1, 0.15) is 43.0 Å². The Hall–Kier alpha value is -1.05. The van der Waals surface area contributed by atoms with Gasteiger partial charge < -0.3 is 9.30 Å². The SMILES string of the molecule is CCCc1nc(C2CCCO2)sc1-c1n[nH]c(=S)n1C. The molecule has 1 aliphatic heterocycles. The van der Waals surface area contributed by atoms with Gasteiger partial charge in [0, 0.05) is 13.7 Å². The summed E-state index contributed by atoms with van der Waals surface area (Å²) >= 11 is 6.89. The molecule has 1 aliphatic rings. The van der Waals surface area contributed by atoms with Crippen molar-refractivity contribution in [2.75, 3.05) is 6.61 Å². The topological polar surface area (TPSA) is 55.7 Å². The van der Waals surface area contributed by atoms with Crippen molar-refractivity contribution in [2.24, 2.45) is 7.05 Å². The third-order valence-corrected chi connectivity index (χ3v) is 5.04. The lowest BCUT2D eigenvalue weighted by Gasteiger charge is -2.03. The highest BCUT2D eigenvalue weighted by Gasteiger charge is 2.25. The molecule has 3 rings (SSSR count). The predicted molar refractivity (Wildman–Crippen MR) is 81.4 cm³/mol. The first kappa shape index (κ1) is 13.9. The summed E-state index contributed by atoms with van der Waals surface area (Å²) in [7, 11) is 1.93. The molecular weight excluding hydrogens is 292 g/mol. The van der Waals surface area contributed by atoms with E-state index in [-0.39, 0.29) is 6.10 Å². The van der Waals surface area contributed by atoms with Gasteiger partial charge in [-0.05, 0) is 31.5 Å². The standard InChI is InChI=1S/C13H18N4OS2/c1-3-5-8-10(11-15-16-13(19)17(11)2)20-12(14-8)9-6-4-7-18-9/h9H,3-7H2,1-2H3,(H,16,19). The summed E-state index contributed by atoms with van der Waals surface area (Å²) in [5.74, 6) is 0.875. The van der Waals surface area contributed by atoms with Gasteiger partial charge in [-0.15, -0.1) is 11.3 Å². The molecule has 2 aromatic heterocycles. The third-order valence-electron chi connectivity index (χ3n) is 3.49. The van der Waals surface area contributed by atoms with Crippen LogP contribution in [0.2, 0.25) is 0 Å². The summed E-state index contributed by atoms with van der Waals surface area (Å²) in [5, 5.41) is 8.27. The van der Waals surface area contributed by atoms with Crippen molar-refractivity contribution in [3.63, 3.8) is 0 Å². The molecule has 108 valence electrons. The van der Waals surface area contributed by atoms with Gasteiger partial charge in [0.2, 0.25) is 0 Å². The van der Waals surface area contributed by atoms with Crippen LogP contribution in [0.25, 0.3) is 10.7 Å². The molecule has 20 heavy (non-hydrogen) atoms. The van der Waals surface area contributed by atoms with Gasteiger partial charge >= 0.3 is 0 Å². The Bertz CT molecular complexity index is 652. The number of hydrogen-bond acceptors (Lipinski definition) is 5. The Morgan fingerprint density at radius 3 is 3.00 bits per heavy atom. The van der Waals surface area contributed by atoms with Crippen molar-refractivity contribution < 1.29 is 4.74 Å². The molecule has 3 heterocycles. The van der Waals surface area contributed by atoms with Gasteiger partial charge in [0.1, 0.15) is 11.1 Å². The van der Waals surface area contributed by atoms with E-state index in [1.54, 1.807) is 11.3 Å². The number of H-pyrrole nitrogens is 1. The molecule has 0 bridgehead atoms. The van der Waals surface area contributed by atoms with E-state index in [0.29, 0.717) is 4.77 Å². The third kappa shape index (κ3) is 2.45. The van der Waals surface area contributed by atoms with E-state index in [0.717, 1.165) is 53.7 Å². The number of aromatic nitrogens is 4. The van der Waals surface area contributed by atoms with Gasteiger partial charge in [-0.2, -0.15) is 5.10 Å². The average molecular weight is 310 g/mol. The molecule has 0 amide bonds. The molecule has 2 aromatic rings. The number of thiazole rings is 1. The normalized spacial score (nSPS) is 18.8. The van der Waals surface area contributed by atoms with Gasteiger partial charge in [0.15, 0.2) is 10.6 Å². The second kappa shape index (κ2) is 5.75. The van der Waals surface area contributed by atoms with Crippen LogP contribution in [0.5, 0.6) is 0 Å². The van der Waals surface area contributed by atoms with E-state index >= 15 is 0 Å². The van der Waals surface area contributed by atoms with Crippen molar-refractivity contribution in [1.82, 2.24) is 19.7 Å². The van der Waals surface area contributed by atoms with Crippen LogP contribution in [-0.4, -0.2) is 26.4 Å². The minimum atomic E-state index is 0.163. The van der Waals surface area contributed by atoms with Crippen LogP contribution in [0.3, 0.4) is 0 Å². The first-order valence-corrected chi connectivity index (χ1v) is 8.16. The molecule has 1 fully saturated rings. The summed E-state index contributed by atoms with van der Waals surface area (Å²) in [6.07, 6.45) is 4.37. The Morgan fingerprint density at radius 2 is 2.40 bits per heavy atom. The molecule has 1 N–H and O–H groups in total. The summed E-state index contributed by atoms with van der Waals surface area (Å²) in [5.41, 5.74) is 1.11. The Labute approximate surface area is 127 Å². The van der Waals surface area contributed by atoms with E-state index in [4.69, 9.17) is 21.9 Å². The molecule has 0 aromatic carbocycles. The van der Waals surface area contributed by atoms with Crippen molar-refractivity contribution in [3.05, 3.63) is 15.5 Å². The fourth-order valence-electron chi connectivity index (χ4n) is 2.41. The van der Waals surface area contributed by atoms with E-state index in [1.165, 1.54) is 0 Å². The van der Waals surface area contributed by atoms with Gasteiger partial charge in [-0.1, -0.05) is 13.3 Å². The monoisotopic (exact) mass is 310 g/mol. The number of ether oxygens (including phenoxy) is 1. The van der Waals surface area contributed by atoms with Crippen molar-refractivity contribution in [2.45, 2.75) is 38.7 Å². The lowest BCUT2D eigenvalue weighted by Crippen LogP contribution is -1.96. The number of aryl methyl sites for hydroxylation is 1. The summed E-state index contributed by atoms with van der Waals surface area (Å²) in [6.45, 7) is 3.01. The zero-order valence-electron chi connectivity index (χ0n) is 11.7. The summed E-state index contributed by atoms with van der Waals surface area (Å²) in [6, 6.07) is 0. The maximum Gasteiger partial charge on any atom is 0.195 e. The molecule has 1 unspecified atom stereocenters. The predicted octanol–water partition coefficient (Wildman–Crippen LogP) is 3.41. The fourth-order valence-corrected chi connectivity index (χ4v) is 3.77. The van der Waals surface area contributed by atoms with E-state index in [1.807, 2.05) is 11.6 Å². The molecule has 1 saturated heterocycles. The van der Waals surface area contributed by atoms with Crippen LogP contribution >= 0.6 is 23.6 Å². The van der Waals surface area contributed by atoms with Crippen LogP contribution < -0.4 is 0 Å². The highest BCUT2D eigenvalue weighted by Crippen LogP contribution is 2.37. The largest absolute Gasteiger partial charge is 0.371 e. The lowest BCUT2D eigenvalue weighted by atomic mass is 10.2. The zero-order chi connectivity index (χ0) is 14.1. The van der Waals surface area contributed by atoms with Gasteiger partial charge in [0.05, 0.1) is 10.6 Å². The molecule has 0 aliphatic carbocycles. The van der Waals surface area contributed by atoms with E-state index in [2.05, 4.69) is 17.1 Å². The highest BCUT2D eigenvalue weighted by atomic mass is 32.1. The van der Waals surface area contributed by atoms with Crippen LogP contribution in [0.4, 0.5) is 0 Å².